The van der Waals surface area contributed by atoms with E-state index in [-0.39, 0.29) is 41.2 Å². The van der Waals surface area contributed by atoms with E-state index in [2.05, 4.69) is 4.98 Å². The van der Waals surface area contributed by atoms with Crippen molar-refractivity contribution in [1.82, 2.24) is 9.55 Å². The number of phenols is 1. The Hall–Kier alpha value is -3.39. The number of nitrogen functional groups attached to an aromatic ring is 1. The van der Waals surface area contributed by atoms with Crippen molar-refractivity contribution in [3.8, 4) is 17.1 Å². The van der Waals surface area contributed by atoms with Gasteiger partial charge in [-0.05, 0) is 24.6 Å². The van der Waals surface area contributed by atoms with Crippen molar-refractivity contribution in [2.45, 2.75) is 32.1 Å². The second kappa shape index (κ2) is 5.32. The highest BCUT2D eigenvalue weighted by Gasteiger charge is 2.45. The van der Waals surface area contributed by atoms with Gasteiger partial charge < -0.3 is 25.3 Å². The average molecular weight is 379 g/mol. The molecule has 0 bridgehead atoms. The molecule has 0 amide bonds. The van der Waals surface area contributed by atoms with Gasteiger partial charge in [0.1, 0.15) is 12.4 Å². The van der Waals surface area contributed by atoms with Gasteiger partial charge in [0.05, 0.1) is 34.7 Å². The number of ether oxygens (including phenoxy) is 1. The zero-order valence-corrected chi connectivity index (χ0v) is 15.0. The third-order valence-corrected chi connectivity index (χ3v) is 5.66. The van der Waals surface area contributed by atoms with Crippen LogP contribution in [-0.2, 0) is 28.3 Å². The molecular formula is C20H17N3O5. The van der Waals surface area contributed by atoms with Crippen LogP contribution < -0.4 is 11.3 Å². The topological polar surface area (TPSA) is 128 Å². The van der Waals surface area contributed by atoms with Crippen LogP contribution in [0.4, 0.5) is 5.69 Å². The van der Waals surface area contributed by atoms with Crippen LogP contribution in [0.25, 0.3) is 22.3 Å². The molecule has 1 atom stereocenters. The smallest absolute Gasteiger partial charge is 0.343 e. The number of aromatic hydroxyl groups is 1. The Morgan fingerprint density at radius 3 is 2.82 bits per heavy atom. The summed E-state index contributed by atoms with van der Waals surface area (Å²) >= 11 is 0. The van der Waals surface area contributed by atoms with Crippen molar-refractivity contribution in [3.63, 3.8) is 0 Å². The molecule has 2 aliphatic heterocycles. The maximum atomic E-state index is 13.1. The van der Waals surface area contributed by atoms with Crippen molar-refractivity contribution in [3.05, 3.63) is 51.3 Å². The van der Waals surface area contributed by atoms with Crippen LogP contribution in [0.1, 0.15) is 30.0 Å². The minimum absolute atomic E-state index is 0.0659. The summed E-state index contributed by atoms with van der Waals surface area (Å²) in [5.41, 5.74) is 6.89. The molecule has 8 heteroatoms. The minimum Gasteiger partial charge on any atom is -0.506 e. The van der Waals surface area contributed by atoms with E-state index in [9.17, 15) is 19.8 Å². The molecule has 0 saturated carbocycles. The van der Waals surface area contributed by atoms with E-state index in [1.165, 1.54) is 6.07 Å². The monoisotopic (exact) mass is 379 g/mol. The van der Waals surface area contributed by atoms with Crippen molar-refractivity contribution < 1.29 is 19.7 Å². The van der Waals surface area contributed by atoms with E-state index in [0.29, 0.717) is 23.4 Å². The first-order chi connectivity index (χ1) is 13.3. The number of nitrogens with zero attached hydrogens (tertiary/aromatic N) is 2. The maximum Gasteiger partial charge on any atom is 0.343 e. The number of aromatic nitrogens is 2. The van der Waals surface area contributed by atoms with Crippen molar-refractivity contribution in [2.75, 3.05) is 5.73 Å². The van der Waals surface area contributed by atoms with Crippen LogP contribution >= 0.6 is 0 Å². The molecule has 0 unspecified atom stereocenters. The SMILES string of the molecule is CC[C@@]1(O)C(=O)OCc2c1cc1n(c2=O)Cc2cc3cc(N)c(O)cc3nc2-1. The highest BCUT2D eigenvalue weighted by Crippen LogP contribution is 2.39. The number of anilines is 1. The standard InChI is InChI=1S/C20H17N3O5/c1-2-20(27)12-5-15-17-10(3-9-4-13(21)16(24)6-14(9)22-17)7-23(15)18(25)11(12)8-28-19(20)26/h3-6,24,27H,2,7-8,21H2,1H3/t20-/m0/s1. The van der Waals surface area contributed by atoms with E-state index in [0.717, 1.165) is 10.9 Å². The Morgan fingerprint density at radius 1 is 1.29 bits per heavy atom. The Bertz CT molecular complexity index is 1260. The molecule has 0 saturated heterocycles. The number of nitrogens with two attached hydrogens (primary N) is 1. The van der Waals surface area contributed by atoms with Crippen molar-refractivity contribution in [2.24, 2.45) is 0 Å². The second-order valence-corrected chi connectivity index (χ2v) is 7.20. The molecule has 0 aliphatic carbocycles. The summed E-state index contributed by atoms with van der Waals surface area (Å²) < 4.78 is 6.62. The maximum absolute atomic E-state index is 13.1. The summed E-state index contributed by atoms with van der Waals surface area (Å²) in [4.78, 5) is 29.8. The number of carbonyl (C=O) groups excluding carboxylic acids is 1. The lowest BCUT2D eigenvalue weighted by Crippen LogP contribution is -2.44. The first-order valence-electron chi connectivity index (χ1n) is 8.92. The van der Waals surface area contributed by atoms with Gasteiger partial charge in [-0.15, -0.1) is 0 Å². The van der Waals surface area contributed by atoms with Gasteiger partial charge in [-0.3, -0.25) is 4.79 Å². The third-order valence-electron chi connectivity index (χ3n) is 5.66. The fourth-order valence-electron chi connectivity index (χ4n) is 4.04. The number of hydrogen-bond acceptors (Lipinski definition) is 7. The van der Waals surface area contributed by atoms with E-state index >= 15 is 0 Å². The number of carbonyl (C=O) groups is 1. The molecule has 1 aromatic carbocycles. The first kappa shape index (κ1) is 16.8. The summed E-state index contributed by atoms with van der Waals surface area (Å²) in [5, 5.41) is 21.5. The number of rotatable bonds is 1. The van der Waals surface area contributed by atoms with Crippen LogP contribution in [0.5, 0.6) is 5.75 Å². The number of pyridine rings is 2. The largest absolute Gasteiger partial charge is 0.506 e. The zero-order valence-electron chi connectivity index (χ0n) is 15.0. The molecule has 4 N–H and O–H groups in total. The molecule has 2 aromatic heterocycles. The second-order valence-electron chi connectivity index (χ2n) is 7.20. The van der Waals surface area contributed by atoms with Crippen LogP contribution in [0.3, 0.4) is 0 Å². The molecule has 4 heterocycles. The first-order valence-corrected chi connectivity index (χ1v) is 8.92. The predicted molar refractivity (Wildman–Crippen MR) is 101 cm³/mol. The third kappa shape index (κ3) is 2.00. The number of hydrogen-bond donors (Lipinski definition) is 3. The van der Waals surface area contributed by atoms with E-state index in [1.807, 2.05) is 6.07 Å². The van der Waals surface area contributed by atoms with Gasteiger partial charge in [-0.2, -0.15) is 0 Å². The number of esters is 1. The van der Waals surface area contributed by atoms with Gasteiger partial charge in [0, 0.05) is 22.6 Å². The highest BCUT2D eigenvalue weighted by molar-refractivity contribution is 5.89. The fraction of sp³-hybridized carbons (Fsp3) is 0.250. The molecule has 0 radical (unpaired) electrons. The van der Waals surface area contributed by atoms with Crippen LogP contribution in [0, 0.1) is 0 Å². The van der Waals surface area contributed by atoms with Gasteiger partial charge in [-0.25, -0.2) is 9.78 Å². The predicted octanol–water partition coefficient (Wildman–Crippen LogP) is 1.37. The number of fused-ring (bicyclic) bond motifs is 5. The van der Waals surface area contributed by atoms with E-state index in [4.69, 9.17) is 10.5 Å². The number of cyclic esters (lactones) is 1. The molecule has 0 fully saturated rings. The highest BCUT2D eigenvalue weighted by atomic mass is 16.6. The summed E-state index contributed by atoms with van der Waals surface area (Å²) in [6.07, 6.45) is 0.0902. The summed E-state index contributed by atoms with van der Waals surface area (Å²) in [6.45, 7) is 1.82. The molecule has 2 aliphatic rings. The zero-order chi connectivity index (χ0) is 19.8. The lowest BCUT2D eigenvalue weighted by Gasteiger charge is -2.31. The normalized spacial score (nSPS) is 19.9. The molecular weight excluding hydrogens is 362 g/mol. The lowest BCUT2D eigenvalue weighted by atomic mass is 9.86. The lowest BCUT2D eigenvalue weighted by molar-refractivity contribution is -0.172. The van der Waals surface area contributed by atoms with E-state index < -0.39 is 11.6 Å². The van der Waals surface area contributed by atoms with Crippen molar-refractivity contribution in [1.29, 1.82) is 0 Å². The van der Waals surface area contributed by atoms with Gasteiger partial charge in [0.25, 0.3) is 5.56 Å². The minimum atomic E-state index is -1.85. The molecule has 28 heavy (non-hydrogen) atoms. The summed E-state index contributed by atoms with van der Waals surface area (Å²) in [6, 6.07) is 6.65. The fourth-order valence-corrected chi connectivity index (χ4v) is 4.04. The molecule has 0 spiro atoms. The van der Waals surface area contributed by atoms with E-state index in [1.54, 1.807) is 23.6 Å². The molecule has 142 valence electrons. The number of aliphatic hydroxyl groups is 1. The Labute approximate surface area is 158 Å². The molecule has 8 nitrogen and oxygen atoms in total. The van der Waals surface area contributed by atoms with Gasteiger partial charge in [0.15, 0.2) is 5.60 Å². The molecule has 5 rings (SSSR count). The number of phenolic OH excluding ortho intramolecular Hbond substituents is 1. The Kier molecular flexibility index (Phi) is 3.19. The van der Waals surface area contributed by atoms with Crippen LogP contribution in [0.15, 0.2) is 29.1 Å². The Balaban J connectivity index is 1.80. The summed E-state index contributed by atoms with van der Waals surface area (Å²) in [5.74, 6) is -0.819. The molecule has 3 aromatic rings. The average Bonchev–Trinajstić information content (AvgIpc) is 3.02. The van der Waals surface area contributed by atoms with Crippen LogP contribution in [0.2, 0.25) is 0 Å². The van der Waals surface area contributed by atoms with Gasteiger partial charge in [-0.1, -0.05) is 6.92 Å². The number of benzene rings is 1. The van der Waals surface area contributed by atoms with Gasteiger partial charge >= 0.3 is 5.97 Å². The summed E-state index contributed by atoms with van der Waals surface area (Å²) in [7, 11) is 0. The Morgan fingerprint density at radius 2 is 2.07 bits per heavy atom. The van der Waals surface area contributed by atoms with Crippen LogP contribution in [-0.4, -0.2) is 25.7 Å². The quantitative estimate of drug-likeness (QED) is 0.259. The van der Waals surface area contributed by atoms with Gasteiger partial charge in [0.2, 0.25) is 0 Å². The van der Waals surface area contributed by atoms with Crippen molar-refractivity contribution >= 4 is 22.6 Å².